The van der Waals surface area contributed by atoms with Crippen LogP contribution in [0.2, 0.25) is 0 Å². The van der Waals surface area contributed by atoms with E-state index in [-0.39, 0.29) is 5.91 Å². The van der Waals surface area contributed by atoms with Gasteiger partial charge in [0, 0.05) is 44.1 Å². The molecule has 0 unspecified atom stereocenters. The molecule has 3 rings (SSSR count). The van der Waals surface area contributed by atoms with Gasteiger partial charge in [0.25, 0.3) is 5.91 Å². The number of hydrogen-bond acceptors (Lipinski definition) is 5. The monoisotopic (exact) mass is 339 g/mol. The van der Waals surface area contributed by atoms with Crippen LogP contribution in [0.1, 0.15) is 23.1 Å². The molecule has 0 aliphatic carbocycles. The summed E-state index contributed by atoms with van der Waals surface area (Å²) in [5.41, 5.74) is 2.30. The molecule has 1 aliphatic heterocycles. The molecule has 0 bridgehead atoms. The molecule has 132 valence electrons. The number of aromatic nitrogens is 2. The number of para-hydroxylation sites is 1. The molecule has 1 aromatic carbocycles. The van der Waals surface area contributed by atoms with E-state index in [4.69, 9.17) is 0 Å². The maximum atomic E-state index is 12.9. The largest absolute Gasteiger partial charge is 0.335 e. The Bertz CT molecular complexity index is 726. The van der Waals surface area contributed by atoms with E-state index in [0.717, 1.165) is 44.1 Å². The Hall–Kier alpha value is -2.47. The summed E-state index contributed by atoms with van der Waals surface area (Å²) in [6, 6.07) is 11.8. The van der Waals surface area contributed by atoms with Gasteiger partial charge in [-0.15, -0.1) is 0 Å². The van der Waals surface area contributed by atoms with Crippen molar-refractivity contribution in [2.45, 2.75) is 13.8 Å². The van der Waals surface area contributed by atoms with Crippen molar-refractivity contribution in [3.05, 3.63) is 47.8 Å². The number of nitrogens with zero attached hydrogens (tertiary/aromatic N) is 5. The Morgan fingerprint density at radius 3 is 2.44 bits per heavy atom. The fraction of sp³-hybridized carbons (Fsp3) is 0.421. The molecule has 0 atom stereocenters. The van der Waals surface area contributed by atoms with Gasteiger partial charge in [-0.25, -0.2) is 9.97 Å². The Balaban J connectivity index is 1.88. The molecule has 0 spiro atoms. The van der Waals surface area contributed by atoms with E-state index < -0.39 is 0 Å². The minimum absolute atomic E-state index is 0.0102. The lowest BCUT2D eigenvalue weighted by Gasteiger charge is -2.32. The molecular weight excluding hydrogens is 314 g/mol. The summed E-state index contributed by atoms with van der Waals surface area (Å²) < 4.78 is 0. The topological polar surface area (TPSA) is 52.6 Å². The predicted octanol–water partition coefficient (Wildman–Crippen LogP) is 2.33. The summed E-state index contributed by atoms with van der Waals surface area (Å²) in [6.07, 6.45) is 0. The van der Waals surface area contributed by atoms with E-state index in [1.807, 2.05) is 47.1 Å². The minimum atomic E-state index is -0.0102. The second-order valence-corrected chi connectivity index (χ2v) is 6.37. The first kappa shape index (κ1) is 17.4. The zero-order valence-corrected chi connectivity index (χ0v) is 15.1. The van der Waals surface area contributed by atoms with E-state index in [1.54, 1.807) is 6.07 Å². The van der Waals surface area contributed by atoms with Crippen LogP contribution in [0.5, 0.6) is 0 Å². The summed E-state index contributed by atoms with van der Waals surface area (Å²) in [7, 11) is 2.08. The smallest absolute Gasteiger partial charge is 0.272 e. The SMILES string of the molecule is CCN(c1ccccc1)c1nc(C)cc(C(=O)N2CCN(C)CC2)n1. The molecule has 0 N–H and O–H groups in total. The van der Waals surface area contributed by atoms with Crippen LogP contribution in [0, 0.1) is 6.92 Å². The molecule has 1 fully saturated rings. The molecule has 0 radical (unpaired) electrons. The molecule has 2 heterocycles. The van der Waals surface area contributed by atoms with E-state index in [2.05, 4.69) is 28.8 Å². The average Bonchev–Trinajstić information content (AvgIpc) is 2.63. The number of likely N-dealkylation sites (N-methyl/N-ethyl adjacent to an activating group) is 1. The lowest BCUT2D eigenvalue weighted by Crippen LogP contribution is -2.47. The van der Waals surface area contributed by atoms with Crippen LogP contribution in [0.25, 0.3) is 0 Å². The third kappa shape index (κ3) is 3.96. The number of benzene rings is 1. The minimum Gasteiger partial charge on any atom is -0.335 e. The van der Waals surface area contributed by atoms with E-state index >= 15 is 0 Å². The molecule has 6 heteroatoms. The van der Waals surface area contributed by atoms with Crippen molar-refractivity contribution < 1.29 is 4.79 Å². The van der Waals surface area contributed by atoms with Crippen LogP contribution < -0.4 is 4.90 Å². The summed E-state index contributed by atoms with van der Waals surface area (Å²) in [5.74, 6) is 0.565. The van der Waals surface area contributed by atoms with Gasteiger partial charge < -0.3 is 14.7 Å². The molecule has 0 saturated carbocycles. The number of anilines is 2. The quantitative estimate of drug-likeness (QED) is 0.856. The molecule has 1 aromatic heterocycles. The summed E-state index contributed by atoms with van der Waals surface area (Å²) in [4.78, 5) is 28.1. The average molecular weight is 339 g/mol. The highest BCUT2D eigenvalue weighted by atomic mass is 16.2. The Morgan fingerprint density at radius 1 is 1.12 bits per heavy atom. The van der Waals surface area contributed by atoms with Gasteiger partial charge in [0.2, 0.25) is 5.95 Å². The highest BCUT2D eigenvalue weighted by Gasteiger charge is 2.23. The van der Waals surface area contributed by atoms with Gasteiger partial charge in [0.15, 0.2) is 0 Å². The van der Waals surface area contributed by atoms with Crippen molar-refractivity contribution in [2.75, 3.05) is 44.7 Å². The second-order valence-electron chi connectivity index (χ2n) is 6.37. The van der Waals surface area contributed by atoms with Crippen LogP contribution in [0.15, 0.2) is 36.4 Å². The third-order valence-electron chi connectivity index (χ3n) is 4.48. The van der Waals surface area contributed by atoms with Gasteiger partial charge in [-0.05, 0) is 39.1 Å². The number of aryl methyl sites for hydroxylation is 1. The zero-order valence-electron chi connectivity index (χ0n) is 15.1. The fourth-order valence-corrected chi connectivity index (χ4v) is 3.00. The third-order valence-corrected chi connectivity index (χ3v) is 4.48. The van der Waals surface area contributed by atoms with Crippen molar-refractivity contribution in [3.8, 4) is 0 Å². The van der Waals surface area contributed by atoms with E-state index in [9.17, 15) is 4.79 Å². The summed E-state index contributed by atoms with van der Waals surface area (Å²) >= 11 is 0. The van der Waals surface area contributed by atoms with Crippen molar-refractivity contribution in [2.24, 2.45) is 0 Å². The first-order valence-corrected chi connectivity index (χ1v) is 8.74. The van der Waals surface area contributed by atoms with Crippen LogP contribution in [-0.4, -0.2) is 65.4 Å². The van der Waals surface area contributed by atoms with Gasteiger partial charge in [-0.2, -0.15) is 0 Å². The Kier molecular flexibility index (Phi) is 5.28. The van der Waals surface area contributed by atoms with E-state index in [0.29, 0.717) is 11.6 Å². The van der Waals surface area contributed by atoms with Crippen LogP contribution in [-0.2, 0) is 0 Å². The Labute approximate surface area is 149 Å². The van der Waals surface area contributed by atoms with Crippen molar-refractivity contribution in [1.29, 1.82) is 0 Å². The maximum Gasteiger partial charge on any atom is 0.272 e. The molecule has 1 saturated heterocycles. The van der Waals surface area contributed by atoms with Crippen LogP contribution in [0.4, 0.5) is 11.6 Å². The van der Waals surface area contributed by atoms with Crippen LogP contribution >= 0.6 is 0 Å². The van der Waals surface area contributed by atoms with Gasteiger partial charge in [0.1, 0.15) is 5.69 Å². The highest BCUT2D eigenvalue weighted by Crippen LogP contribution is 2.22. The maximum absolute atomic E-state index is 12.9. The lowest BCUT2D eigenvalue weighted by atomic mass is 10.2. The molecule has 6 nitrogen and oxygen atoms in total. The zero-order chi connectivity index (χ0) is 17.8. The number of carbonyl (C=O) groups excluding carboxylic acids is 1. The van der Waals surface area contributed by atoms with Crippen molar-refractivity contribution in [3.63, 3.8) is 0 Å². The van der Waals surface area contributed by atoms with Gasteiger partial charge in [-0.3, -0.25) is 4.79 Å². The van der Waals surface area contributed by atoms with Gasteiger partial charge in [-0.1, -0.05) is 18.2 Å². The number of amides is 1. The van der Waals surface area contributed by atoms with Crippen LogP contribution in [0.3, 0.4) is 0 Å². The molecule has 1 amide bonds. The number of rotatable bonds is 4. The highest BCUT2D eigenvalue weighted by molar-refractivity contribution is 5.92. The van der Waals surface area contributed by atoms with E-state index in [1.165, 1.54) is 0 Å². The standard InChI is InChI=1S/C19H25N5O/c1-4-24(16-8-6-5-7-9-16)19-20-15(2)14-17(21-19)18(25)23-12-10-22(3)11-13-23/h5-9,14H,4,10-13H2,1-3H3. The molecular formula is C19H25N5O. The Morgan fingerprint density at radius 2 is 1.80 bits per heavy atom. The van der Waals surface area contributed by atoms with Gasteiger partial charge >= 0.3 is 0 Å². The predicted molar refractivity (Wildman–Crippen MR) is 99.3 cm³/mol. The number of hydrogen-bond donors (Lipinski definition) is 0. The first-order chi connectivity index (χ1) is 12.1. The summed E-state index contributed by atoms with van der Waals surface area (Å²) in [5, 5.41) is 0. The summed E-state index contributed by atoms with van der Waals surface area (Å²) in [6.45, 7) is 7.97. The molecule has 25 heavy (non-hydrogen) atoms. The second kappa shape index (κ2) is 7.61. The van der Waals surface area contributed by atoms with Crippen molar-refractivity contribution >= 4 is 17.5 Å². The number of carbonyl (C=O) groups is 1. The van der Waals surface area contributed by atoms with Crippen molar-refractivity contribution in [1.82, 2.24) is 19.8 Å². The molecule has 1 aliphatic rings. The lowest BCUT2D eigenvalue weighted by molar-refractivity contribution is 0.0658. The first-order valence-electron chi connectivity index (χ1n) is 8.74. The number of piperazine rings is 1. The van der Waals surface area contributed by atoms with Gasteiger partial charge in [0.05, 0.1) is 0 Å². The molecule has 2 aromatic rings. The fourth-order valence-electron chi connectivity index (χ4n) is 3.00. The normalized spacial score (nSPS) is 15.2.